The van der Waals surface area contributed by atoms with Crippen molar-refractivity contribution in [3.8, 4) is 17.1 Å². The largest absolute Gasteiger partial charge is 0.494 e. The minimum atomic E-state index is -0.0668. The Bertz CT molecular complexity index is 848. The van der Waals surface area contributed by atoms with Crippen molar-refractivity contribution in [2.45, 2.75) is 39.2 Å². The van der Waals surface area contributed by atoms with Gasteiger partial charge < -0.3 is 9.30 Å². The lowest BCUT2D eigenvalue weighted by atomic mass is 10.1. The van der Waals surface area contributed by atoms with Gasteiger partial charge in [0.25, 0.3) is 0 Å². The average Bonchev–Trinajstić information content (AvgIpc) is 2.99. The first-order chi connectivity index (χ1) is 12.0. The summed E-state index contributed by atoms with van der Waals surface area (Å²) in [6, 6.07) is 16.5. The van der Waals surface area contributed by atoms with Crippen molar-refractivity contribution < 1.29 is 4.74 Å². The molecular weight excluding hydrogens is 332 g/mol. The lowest BCUT2D eigenvalue weighted by molar-refractivity contribution is 0.310. The molecule has 3 aromatic rings. The van der Waals surface area contributed by atoms with E-state index in [2.05, 4.69) is 55.7 Å². The molecule has 2 aromatic carbocycles. The predicted octanol–water partition coefficient (Wildman–Crippen LogP) is 5.86. The Morgan fingerprint density at radius 3 is 2.60 bits per heavy atom. The normalized spacial score (nSPS) is 11.8. The molecular formula is C21H25ClN2O. The first-order valence-corrected chi connectivity index (χ1v) is 9.31. The van der Waals surface area contributed by atoms with Gasteiger partial charge in [-0.15, -0.1) is 11.6 Å². The lowest BCUT2D eigenvalue weighted by Gasteiger charge is -2.25. The molecule has 0 amide bonds. The zero-order chi connectivity index (χ0) is 17.9. The minimum absolute atomic E-state index is 0.0668. The highest BCUT2D eigenvalue weighted by Crippen LogP contribution is 2.32. The first kappa shape index (κ1) is 17.8. The van der Waals surface area contributed by atoms with Gasteiger partial charge in [0, 0.05) is 17.0 Å². The number of rotatable bonds is 6. The number of hydrogen-bond acceptors (Lipinski definition) is 2. The summed E-state index contributed by atoms with van der Waals surface area (Å²) in [6.45, 7) is 7.30. The van der Waals surface area contributed by atoms with Gasteiger partial charge in [0.1, 0.15) is 11.6 Å². The molecule has 1 aromatic heterocycles. The molecule has 0 fully saturated rings. The Balaban J connectivity index is 1.99. The van der Waals surface area contributed by atoms with Crippen LogP contribution in [-0.2, 0) is 5.54 Å². The quantitative estimate of drug-likeness (QED) is 0.408. The molecule has 0 saturated carbocycles. The van der Waals surface area contributed by atoms with Crippen LogP contribution in [0.2, 0.25) is 0 Å². The van der Waals surface area contributed by atoms with Crippen molar-refractivity contribution >= 4 is 22.6 Å². The van der Waals surface area contributed by atoms with Crippen molar-refractivity contribution in [1.29, 1.82) is 0 Å². The molecule has 0 unspecified atom stereocenters. The van der Waals surface area contributed by atoms with E-state index in [1.165, 1.54) is 0 Å². The van der Waals surface area contributed by atoms with Crippen molar-refractivity contribution in [3.05, 3.63) is 48.5 Å². The number of hydrogen-bond donors (Lipinski definition) is 0. The molecule has 0 aliphatic heterocycles. The van der Waals surface area contributed by atoms with Crippen LogP contribution in [0.3, 0.4) is 0 Å². The third-order valence-corrected chi connectivity index (χ3v) is 4.39. The van der Waals surface area contributed by atoms with E-state index in [4.69, 9.17) is 21.3 Å². The van der Waals surface area contributed by atoms with Crippen LogP contribution in [0.15, 0.2) is 48.5 Å². The van der Waals surface area contributed by atoms with Gasteiger partial charge in [-0.25, -0.2) is 4.98 Å². The fourth-order valence-corrected chi connectivity index (χ4v) is 3.20. The van der Waals surface area contributed by atoms with Crippen LogP contribution in [0.25, 0.3) is 22.4 Å². The molecule has 0 aliphatic carbocycles. The molecule has 0 spiro atoms. The zero-order valence-electron chi connectivity index (χ0n) is 15.1. The number of alkyl halides is 1. The molecule has 0 radical (unpaired) electrons. The van der Waals surface area contributed by atoms with E-state index in [-0.39, 0.29) is 5.54 Å². The van der Waals surface area contributed by atoms with Gasteiger partial charge in [-0.05, 0) is 57.9 Å². The second-order valence-electron chi connectivity index (χ2n) is 7.20. The number of halogens is 1. The van der Waals surface area contributed by atoms with Crippen LogP contribution in [0, 0.1) is 0 Å². The SMILES string of the molecule is CC(C)(C)n1c(-c2cccc(OCCCCCl)c2)nc2ccccc21. The molecule has 0 bridgehead atoms. The molecule has 132 valence electrons. The van der Waals surface area contributed by atoms with Crippen LogP contribution in [0.4, 0.5) is 0 Å². The summed E-state index contributed by atoms with van der Waals surface area (Å²) >= 11 is 5.72. The summed E-state index contributed by atoms with van der Waals surface area (Å²) in [7, 11) is 0. The maximum atomic E-state index is 5.87. The molecule has 4 heteroatoms. The Hall–Kier alpha value is -2.00. The van der Waals surface area contributed by atoms with Crippen LogP contribution >= 0.6 is 11.6 Å². The van der Waals surface area contributed by atoms with Crippen LogP contribution < -0.4 is 4.74 Å². The Kier molecular flexibility index (Phi) is 5.33. The summed E-state index contributed by atoms with van der Waals surface area (Å²) in [5, 5.41) is 0. The topological polar surface area (TPSA) is 27.1 Å². The standard InChI is InChI=1S/C21H25ClN2O/c1-21(2,3)24-19-12-5-4-11-18(19)23-20(24)16-9-8-10-17(15-16)25-14-7-6-13-22/h4-5,8-12,15H,6-7,13-14H2,1-3H3. The van der Waals surface area contributed by atoms with E-state index >= 15 is 0 Å². The Morgan fingerprint density at radius 2 is 1.84 bits per heavy atom. The van der Waals surface area contributed by atoms with Crippen molar-refractivity contribution in [1.82, 2.24) is 9.55 Å². The van der Waals surface area contributed by atoms with E-state index in [9.17, 15) is 0 Å². The van der Waals surface area contributed by atoms with E-state index in [0.717, 1.165) is 41.0 Å². The molecule has 0 N–H and O–H groups in total. The molecule has 3 rings (SSSR count). The number of para-hydroxylation sites is 2. The number of unbranched alkanes of at least 4 members (excludes halogenated alkanes) is 1. The lowest BCUT2D eigenvalue weighted by Crippen LogP contribution is -2.22. The monoisotopic (exact) mass is 356 g/mol. The molecule has 0 saturated heterocycles. The van der Waals surface area contributed by atoms with Crippen LogP contribution in [0.5, 0.6) is 5.75 Å². The number of fused-ring (bicyclic) bond motifs is 1. The molecule has 0 aliphatic rings. The second-order valence-corrected chi connectivity index (χ2v) is 7.58. The molecule has 0 atom stereocenters. The third-order valence-electron chi connectivity index (χ3n) is 4.12. The second kappa shape index (κ2) is 7.49. The summed E-state index contributed by atoms with van der Waals surface area (Å²) in [5.74, 6) is 2.53. The van der Waals surface area contributed by atoms with Gasteiger partial charge in [0.15, 0.2) is 0 Å². The van der Waals surface area contributed by atoms with Crippen LogP contribution in [-0.4, -0.2) is 22.0 Å². The van der Waals surface area contributed by atoms with Gasteiger partial charge in [0.05, 0.1) is 17.6 Å². The highest BCUT2D eigenvalue weighted by atomic mass is 35.5. The summed E-state index contributed by atoms with van der Waals surface area (Å²) < 4.78 is 8.17. The number of benzene rings is 2. The number of nitrogens with zero attached hydrogens (tertiary/aromatic N) is 2. The maximum absolute atomic E-state index is 5.87. The van der Waals surface area contributed by atoms with E-state index < -0.39 is 0 Å². The third kappa shape index (κ3) is 3.98. The Labute approximate surface area is 154 Å². The molecule has 25 heavy (non-hydrogen) atoms. The summed E-state index contributed by atoms with van der Waals surface area (Å²) in [5.41, 5.74) is 3.17. The van der Waals surface area contributed by atoms with E-state index in [0.29, 0.717) is 12.5 Å². The highest BCUT2D eigenvalue weighted by Gasteiger charge is 2.22. The van der Waals surface area contributed by atoms with Gasteiger partial charge >= 0.3 is 0 Å². The maximum Gasteiger partial charge on any atom is 0.141 e. The number of ether oxygens (including phenoxy) is 1. The van der Waals surface area contributed by atoms with Crippen molar-refractivity contribution in [2.24, 2.45) is 0 Å². The smallest absolute Gasteiger partial charge is 0.141 e. The predicted molar refractivity (Wildman–Crippen MR) is 106 cm³/mol. The molecule has 1 heterocycles. The van der Waals surface area contributed by atoms with Crippen molar-refractivity contribution in [2.75, 3.05) is 12.5 Å². The van der Waals surface area contributed by atoms with Gasteiger partial charge in [-0.2, -0.15) is 0 Å². The first-order valence-electron chi connectivity index (χ1n) is 8.78. The van der Waals surface area contributed by atoms with Gasteiger partial charge in [0.2, 0.25) is 0 Å². The Morgan fingerprint density at radius 1 is 1.04 bits per heavy atom. The van der Waals surface area contributed by atoms with E-state index in [1.807, 2.05) is 18.2 Å². The van der Waals surface area contributed by atoms with Crippen molar-refractivity contribution in [3.63, 3.8) is 0 Å². The van der Waals surface area contributed by atoms with Crippen LogP contribution in [0.1, 0.15) is 33.6 Å². The highest BCUT2D eigenvalue weighted by molar-refractivity contribution is 6.17. The summed E-state index contributed by atoms with van der Waals surface area (Å²) in [4.78, 5) is 4.89. The average molecular weight is 357 g/mol. The number of imidazole rings is 1. The zero-order valence-corrected chi connectivity index (χ0v) is 15.9. The fraction of sp³-hybridized carbons (Fsp3) is 0.381. The molecule has 3 nitrogen and oxygen atoms in total. The van der Waals surface area contributed by atoms with Gasteiger partial charge in [-0.3, -0.25) is 0 Å². The fourth-order valence-electron chi connectivity index (χ4n) is 3.01. The van der Waals surface area contributed by atoms with Gasteiger partial charge in [-0.1, -0.05) is 24.3 Å². The van der Waals surface area contributed by atoms with E-state index in [1.54, 1.807) is 0 Å². The number of aromatic nitrogens is 2. The minimum Gasteiger partial charge on any atom is -0.494 e. The summed E-state index contributed by atoms with van der Waals surface area (Å²) in [6.07, 6.45) is 1.94.